The van der Waals surface area contributed by atoms with E-state index in [0.717, 1.165) is 29.7 Å². The molecule has 1 N–H and O–H groups in total. The molecule has 0 saturated carbocycles. The van der Waals surface area contributed by atoms with Crippen molar-refractivity contribution < 1.29 is 13.2 Å². The summed E-state index contributed by atoms with van der Waals surface area (Å²) >= 11 is 0. The third kappa shape index (κ3) is 3.56. The highest BCUT2D eigenvalue weighted by Gasteiger charge is 2.48. The predicted octanol–water partition coefficient (Wildman–Crippen LogP) is 3.05. The molecule has 0 amide bonds. The Morgan fingerprint density at radius 1 is 1.11 bits per heavy atom. The number of likely N-dealkylation sites (tertiary alicyclic amines) is 1. The van der Waals surface area contributed by atoms with E-state index in [2.05, 4.69) is 26.3 Å². The van der Waals surface area contributed by atoms with Gasteiger partial charge in [-0.3, -0.25) is 0 Å². The molecule has 1 aliphatic carbocycles. The second-order valence-corrected chi connectivity index (χ2v) is 12.0. The van der Waals surface area contributed by atoms with Gasteiger partial charge in [0.2, 0.25) is 15.9 Å². The van der Waals surface area contributed by atoms with Gasteiger partial charge in [-0.05, 0) is 55.7 Å². The molecule has 4 atom stereocenters. The SMILES string of the molecule is COc1cc(C2C=C(N3CC4CCC(C3)N4)C=CC2(C)S(=O)(=O)n2ccc3cccnc32)ccn1. The summed E-state index contributed by atoms with van der Waals surface area (Å²) in [5.41, 5.74) is 2.33. The lowest BCUT2D eigenvalue weighted by atomic mass is 9.82. The van der Waals surface area contributed by atoms with Crippen molar-refractivity contribution in [3.05, 3.63) is 78.4 Å². The molecule has 182 valence electrons. The largest absolute Gasteiger partial charge is 0.481 e. The molecular formula is C26H29N5O3S. The molecule has 0 aromatic carbocycles. The molecule has 3 aliphatic rings. The maximum Gasteiger partial charge on any atom is 0.250 e. The Morgan fingerprint density at radius 3 is 2.69 bits per heavy atom. The second-order valence-electron chi connectivity index (χ2n) is 9.79. The van der Waals surface area contributed by atoms with Gasteiger partial charge in [-0.15, -0.1) is 0 Å². The number of ether oxygens (including phenoxy) is 1. The van der Waals surface area contributed by atoms with Gasteiger partial charge in [0.05, 0.1) is 7.11 Å². The molecule has 35 heavy (non-hydrogen) atoms. The first kappa shape index (κ1) is 22.3. The lowest BCUT2D eigenvalue weighted by Crippen LogP contribution is -2.51. The third-order valence-corrected chi connectivity index (χ3v) is 9.99. The van der Waals surface area contributed by atoms with Crippen molar-refractivity contribution in [1.29, 1.82) is 0 Å². The minimum Gasteiger partial charge on any atom is -0.481 e. The number of nitrogens with zero attached hydrogens (tertiary/aromatic N) is 4. The van der Waals surface area contributed by atoms with Crippen molar-refractivity contribution >= 4 is 21.1 Å². The Kier molecular flexibility index (Phi) is 5.23. The van der Waals surface area contributed by atoms with E-state index in [1.807, 2.05) is 36.4 Å². The highest BCUT2D eigenvalue weighted by molar-refractivity contribution is 7.91. The summed E-state index contributed by atoms with van der Waals surface area (Å²) in [7, 11) is -2.33. The number of aromatic nitrogens is 3. The van der Waals surface area contributed by atoms with E-state index in [0.29, 0.717) is 23.6 Å². The van der Waals surface area contributed by atoms with E-state index in [1.165, 1.54) is 16.8 Å². The van der Waals surface area contributed by atoms with Crippen molar-refractivity contribution in [3.8, 4) is 5.88 Å². The summed E-state index contributed by atoms with van der Waals surface area (Å²) in [6.45, 7) is 3.64. The third-order valence-electron chi connectivity index (χ3n) is 7.68. The Bertz CT molecular complexity index is 1430. The molecule has 2 fully saturated rings. The fourth-order valence-electron chi connectivity index (χ4n) is 5.72. The topological polar surface area (TPSA) is 89.4 Å². The van der Waals surface area contributed by atoms with Crippen molar-refractivity contribution in [2.24, 2.45) is 0 Å². The van der Waals surface area contributed by atoms with Gasteiger partial charge in [0, 0.05) is 66.8 Å². The molecule has 0 spiro atoms. The van der Waals surface area contributed by atoms with Crippen LogP contribution in [0.3, 0.4) is 0 Å². The Morgan fingerprint density at radius 2 is 1.91 bits per heavy atom. The van der Waals surface area contributed by atoms with Gasteiger partial charge < -0.3 is 15.0 Å². The number of allylic oxidation sites excluding steroid dienone is 2. The van der Waals surface area contributed by atoms with Gasteiger partial charge in [-0.25, -0.2) is 22.4 Å². The molecule has 2 bridgehead atoms. The van der Waals surface area contributed by atoms with Gasteiger partial charge in [0.25, 0.3) is 0 Å². The average Bonchev–Trinajstić information content (AvgIpc) is 3.47. The van der Waals surface area contributed by atoms with Crippen LogP contribution in [0.25, 0.3) is 11.0 Å². The average molecular weight is 492 g/mol. The van der Waals surface area contributed by atoms with Gasteiger partial charge >= 0.3 is 0 Å². The zero-order valence-electron chi connectivity index (χ0n) is 19.8. The molecule has 5 heterocycles. The van der Waals surface area contributed by atoms with Crippen LogP contribution in [0.15, 0.2) is 72.8 Å². The van der Waals surface area contributed by atoms with Crippen molar-refractivity contribution in [1.82, 2.24) is 24.2 Å². The van der Waals surface area contributed by atoms with Gasteiger partial charge in [0.1, 0.15) is 4.75 Å². The highest BCUT2D eigenvalue weighted by atomic mass is 32.2. The standard InChI is InChI=1S/C26H29N5O3S/c1-26(35(32,33)31-13-9-18-4-3-11-28-25(18)31)10-7-22(30-16-20-5-6-21(17-30)29-20)15-23(26)19-8-12-27-24(14-19)34-2/h3-4,7-15,20-21,23,29H,5-6,16-17H2,1-2H3. The lowest BCUT2D eigenvalue weighted by Gasteiger charge is -2.41. The van der Waals surface area contributed by atoms with Crippen molar-refractivity contribution in [2.75, 3.05) is 20.2 Å². The zero-order valence-corrected chi connectivity index (χ0v) is 20.6. The summed E-state index contributed by atoms with van der Waals surface area (Å²) in [4.78, 5) is 11.0. The van der Waals surface area contributed by atoms with Crippen LogP contribution < -0.4 is 10.1 Å². The fourth-order valence-corrected chi connectivity index (χ4v) is 7.51. The Labute approximate surface area is 205 Å². The second kappa shape index (κ2) is 8.20. The van der Waals surface area contributed by atoms with Crippen LogP contribution in [0.2, 0.25) is 0 Å². The lowest BCUT2D eigenvalue weighted by molar-refractivity contribution is 0.247. The molecule has 3 aromatic rings. The molecule has 3 aromatic heterocycles. The summed E-state index contributed by atoms with van der Waals surface area (Å²) in [5, 5.41) is 4.46. The molecule has 4 unspecified atom stereocenters. The van der Waals surface area contributed by atoms with Gasteiger partial charge in [0.15, 0.2) is 5.65 Å². The summed E-state index contributed by atoms with van der Waals surface area (Å²) in [6.07, 6.45) is 13.2. The number of methoxy groups -OCH3 is 1. The Hall–Kier alpha value is -3.17. The van der Waals surface area contributed by atoms with Crippen LogP contribution in [0.1, 0.15) is 31.2 Å². The fraction of sp³-hybridized carbons (Fsp3) is 0.385. The molecular weight excluding hydrogens is 462 g/mol. The molecule has 0 radical (unpaired) electrons. The van der Waals surface area contributed by atoms with Crippen LogP contribution in [-0.4, -0.2) is 64.3 Å². The first-order valence-corrected chi connectivity index (χ1v) is 13.4. The smallest absolute Gasteiger partial charge is 0.250 e. The molecule has 2 saturated heterocycles. The van der Waals surface area contributed by atoms with E-state index in [4.69, 9.17) is 4.74 Å². The first-order valence-electron chi connectivity index (χ1n) is 12.0. The van der Waals surface area contributed by atoms with Crippen LogP contribution in [0, 0.1) is 0 Å². The number of hydrogen-bond donors (Lipinski definition) is 1. The van der Waals surface area contributed by atoms with Crippen LogP contribution in [-0.2, 0) is 10.0 Å². The van der Waals surface area contributed by atoms with Gasteiger partial charge in [-0.2, -0.15) is 0 Å². The first-order chi connectivity index (χ1) is 16.9. The molecule has 9 heteroatoms. The van der Waals surface area contributed by atoms with Crippen LogP contribution >= 0.6 is 0 Å². The summed E-state index contributed by atoms with van der Waals surface area (Å²) < 4.78 is 34.0. The van der Waals surface area contributed by atoms with E-state index >= 15 is 0 Å². The summed E-state index contributed by atoms with van der Waals surface area (Å²) in [6, 6.07) is 10.1. The number of piperazine rings is 1. The van der Waals surface area contributed by atoms with E-state index < -0.39 is 20.7 Å². The zero-order chi connectivity index (χ0) is 24.2. The van der Waals surface area contributed by atoms with Crippen LogP contribution in [0.4, 0.5) is 0 Å². The molecule has 8 nitrogen and oxygen atoms in total. The number of rotatable bonds is 5. The minimum absolute atomic E-state index is 0.432. The van der Waals surface area contributed by atoms with E-state index in [9.17, 15) is 8.42 Å². The number of hydrogen-bond acceptors (Lipinski definition) is 7. The van der Waals surface area contributed by atoms with Crippen molar-refractivity contribution in [2.45, 2.75) is 42.5 Å². The van der Waals surface area contributed by atoms with Crippen LogP contribution in [0.5, 0.6) is 5.88 Å². The predicted molar refractivity (Wildman–Crippen MR) is 135 cm³/mol. The number of nitrogens with one attached hydrogen (secondary N) is 1. The Balaban J connectivity index is 1.47. The number of pyridine rings is 2. The highest BCUT2D eigenvalue weighted by Crippen LogP contribution is 2.44. The maximum atomic E-state index is 14.3. The van der Waals surface area contributed by atoms with Gasteiger partial charge in [-0.1, -0.05) is 12.2 Å². The minimum atomic E-state index is -3.89. The number of fused-ring (bicyclic) bond motifs is 3. The monoisotopic (exact) mass is 491 g/mol. The normalized spacial score (nSPS) is 28.3. The van der Waals surface area contributed by atoms with Crippen molar-refractivity contribution in [3.63, 3.8) is 0 Å². The van der Waals surface area contributed by atoms with E-state index in [1.54, 1.807) is 38.7 Å². The summed E-state index contributed by atoms with van der Waals surface area (Å²) in [5.74, 6) is 0.0122. The quantitative estimate of drug-likeness (QED) is 0.587. The molecule has 2 aliphatic heterocycles. The molecule has 6 rings (SSSR count). The maximum absolute atomic E-state index is 14.3. The van der Waals surface area contributed by atoms with E-state index in [-0.39, 0.29) is 0 Å².